The Hall–Kier alpha value is -1.94. The topological polar surface area (TPSA) is 29.5 Å². The van der Waals surface area contributed by atoms with Crippen LogP contribution in [0.15, 0.2) is 84.5 Å². The Kier molecular flexibility index (Phi) is 8.20. The predicted octanol–water partition coefficient (Wildman–Crippen LogP) is 5.08. The number of aliphatic hydroxyl groups excluding tert-OH is 1. The van der Waals surface area contributed by atoms with Crippen molar-refractivity contribution >= 4 is 18.7 Å². The highest BCUT2D eigenvalue weighted by molar-refractivity contribution is 6.99. The molecule has 0 spiro atoms. The van der Waals surface area contributed by atoms with E-state index in [2.05, 4.69) is 94.9 Å². The average molecular weight is 409 g/mol. The predicted molar refractivity (Wildman–Crippen MR) is 127 cm³/mol. The molecule has 2 aromatic carbocycles. The fourth-order valence-corrected chi connectivity index (χ4v) is 8.68. The van der Waals surface area contributed by atoms with Crippen LogP contribution in [0.5, 0.6) is 0 Å². The van der Waals surface area contributed by atoms with Crippen molar-refractivity contribution in [2.75, 3.05) is 13.2 Å². The fourth-order valence-electron chi connectivity index (χ4n) is 3.99. The molecular formula is C26H36O2Si. The van der Waals surface area contributed by atoms with Gasteiger partial charge in [-0.15, -0.1) is 0 Å². The maximum absolute atomic E-state index is 9.24. The zero-order valence-electron chi connectivity index (χ0n) is 18.6. The van der Waals surface area contributed by atoms with Crippen LogP contribution in [0.2, 0.25) is 5.04 Å². The minimum atomic E-state index is -2.49. The lowest BCUT2D eigenvalue weighted by molar-refractivity contribution is 0.245. The van der Waals surface area contributed by atoms with Gasteiger partial charge in [-0.3, -0.25) is 0 Å². The maximum Gasteiger partial charge on any atom is 0.261 e. The third kappa shape index (κ3) is 5.78. The Balaban J connectivity index is 2.35. The van der Waals surface area contributed by atoms with Gasteiger partial charge in [-0.1, -0.05) is 107 Å². The van der Waals surface area contributed by atoms with Gasteiger partial charge < -0.3 is 9.53 Å². The Morgan fingerprint density at radius 2 is 1.52 bits per heavy atom. The molecule has 2 nitrogen and oxygen atoms in total. The van der Waals surface area contributed by atoms with Crippen LogP contribution < -0.4 is 10.4 Å². The van der Waals surface area contributed by atoms with Crippen LogP contribution in [0.3, 0.4) is 0 Å². The molecule has 2 aromatic rings. The first kappa shape index (κ1) is 23.3. The van der Waals surface area contributed by atoms with Crippen LogP contribution in [0.1, 0.15) is 41.0 Å². The van der Waals surface area contributed by atoms with Crippen molar-refractivity contribution in [2.24, 2.45) is 5.92 Å². The van der Waals surface area contributed by atoms with Crippen LogP contribution >= 0.6 is 0 Å². The molecule has 0 aliphatic heterocycles. The van der Waals surface area contributed by atoms with E-state index in [1.807, 2.05) is 13.0 Å². The number of hydrogen-bond acceptors (Lipinski definition) is 2. The molecule has 1 atom stereocenters. The van der Waals surface area contributed by atoms with Gasteiger partial charge in [0.05, 0.1) is 6.61 Å². The molecule has 0 heterocycles. The first-order valence-electron chi connectivity index (χ1n) is 10.4. The molecule has 29 heavy (non-hydrogen) atoms. The largest absolute Gasteiger partial charge is 0.407 e. The van der Waals surface area contributed by atoms with Gasteiger partial charge in [0.2, 0.25) is 0 Å². The molecule has 0 aliphatic rings. The van der Waals surface area contributed by atoms with E-state index in [9.17, 15) is 5.11 Å². The van der Waals surface area contributed by atoms with Crippen LogP contribution in [-0.2, 0) is 4.43 Å². The van der Waals surface area contributed by atoms with Crippen molar-refractivity contribution in [2.45, 2.75) is 46.1 Å². The van der Waals surface area contributed by atoms with Gasteiger partial charge in [-0.25, -0.2) is 0 Å². The third-order valence-corrected chi connectivity index (χ3v) is 10.3. The lowest BCUT2D eigenvalue weighted by Gasteiger charge is -2.43. The Morgan fingerprint density at radius 1 is 1.03 bits per heavy atom. The number of allylic oxidation sites excluding steroid dienone is 2. The smallest absolute Gasteiger partial charge is 0.261 e. The second kappa shape index (κ2) is 10.2. The molecule has 0 saturated carbocycles. The van der Waals surface area contributed by atoms with Crippen LogP contribution in [-0.4, -0.2) is 26.6 Å². The summed E-state index contributed by atoms with van der Waals surface area (Å²) in [6.45, 7) is 16.0. The molecule has 0 radical (unpaired) electrons. The van der Waals surface area contributed by atoms with Crippen LogP contribution in [0.4, 0.5) is 0 Å². The van der Waals surface area contributed by atoms with Gasteiger partial charge in [0.15, 0.2) is 0 Å². The number of benzene rings is 2. The summed E-state index contributed by atoms with van der Waals surface area (Å²) >= 11 is 0. The molecule has 0 saturated heterocycles. The normalized spacial score (nSPS) is 13.9. The minimum absolute atomic E-state index is 0.0141. The summed E-state index contributed by atoms with van der Waals surface area (Å²) < 4.78 is 6.99. The fraction of sp³-hybridized carbons (Fsp3) is 0.385. The molecule has 1 N–H and O–H groups in total. The van der Waals surface area contributed by atoms with Crippen molar-refractivity contribution < 1.29 is 9.53 Å². The summed E-state index contributed by atoms with van der Waals surface area (Å²) in [4.78, 5) is 0. The van der Waals surface area contributed by atoms with E-state index in [4.69, 9.17) is 4.43 Å². The first-order valence-corrected chi connectivity index (χ1v) is 12.3. The monoisotopic (exact) mass is 408 g/mol. The Bertz CT molecular complexity index is 764. The van der Waals surface area contributed by atoms with E-state index < -0.39 is 8.32 Å². The molecule has 0 aliphatic carbocycles. The molecule has 0 aromatic heterocycles. The summed E-state index contributed by atoms with van der Waals surface area (Å²) in [6.07, 6.45) is 2.84. The molecule has 0 bridgehead atoms. The highest BCUT2D eigenvalue weighted by Gasteiger charge is 2.50. The maximum atomic E-state index is 9.24. The van der Waals surface area contributed by atoms with E-state index in [1.165, 1.54) is 10.4 Å². The van der Waals surface area contributed by atoms with Gasteiger partial charge in [0, 0.05) is 6.61 Å². The van der Waals surface area contributed by atoms with Gasteiger partial charge in [0.25, 0.3) is 8.32 Å². The quantitative estimate of drug-likeness (QED) is 0.463. The van der Waals surface area contributed by atoms with E-state index in [1.54, 1.807) is 0 Å². The molecular weight excluding hydrogens is 372 g/mol. The summed E-state index contributed by atoms with van der Waals surface area (Å²) in [7, 11) is -2.49. The lowest BCUT2D eigenvalue weighted by atomic mass is 10.0. The van der Waals surface area contributed by atoms with E-state index in [-0.39, 0.29) is 11.6 Å². The molecule has 156 valence electrons. The number of rotatable bonds is 9. The summed E-state index contributed by atoms with van der Waals surface area (Å²) in [5, 5.41) is 11.8. The molecule has 3 heteroatoms. The lowest BCUT2D eigenvalue weighted by Crippen LogP contribution is -2.66. The zero-order chi connectivity index (χ0) is 21.5. The summed E-state index contributed by atoms with van der Waals surface area (Å²) in [6, 6.07) is 21.5. The van der Waals surface area contributed by atoms with Crippen molar-refractivity contribution in [1.29, 1.82) is 0 Å². The van der Waals surface area contributed by atoms with Crippen molar-refractivity contribution in [1.82, 2.24) is 0 Å². The van der Waals surface area contributed by atoms with Gasteiger partial charge in [0.1, 0.15) is 0 Å². The molecule has 0 amide bonds. The second-order valence-electron chi connectivity index (χ2n) is 9.09. The summed E-state index contributed by atoms with van der Waals surface area (Å²) in [5.74, 6) is 0.340. The van der Waals surface area contributed by atoms with Crippen molar-refractivity contribution in [3.63, 3.8) is 0 Å². The van der Waals surface area contributed by atoms with Crippen LogP contribution in [0, 0.1) is 5.92 Å². The third-order valence-electron chi connectivity index (χ3n) is 5.31. The van der Waals surface area contributed by atoms with E-state index in [0.717, 1.165) is 17.6 Å². The van der Waals surface area contributed by atoms with E-state index in [0.29, 0.717) is 12.5 Å². The average Bonchev–Trinajstić information content (AvgIpc) is 2.68. The Morgan fingerprint density at radius 3 is 1.93 bits per heavy atom. The second-order valence-corrected chi connectivity index (χ2v) is 13.4. The Labute approximate surface area is 178 Å². The number of hydrogen-bond donors (Lipinski definition) is 1. The van der Waals surface area contributed by atoms with Gasteiger partial charge in [-0.2, -0.15) is 0 Å². The van der Waals surface area contributed by atoms with Gasteiger partial charge >= 0.3 is 0 Å². The molecule has 0 unspecified atom stereocenters. The highest BCUT2D eigenvalue weighted by atomic mass is 28.4. The minimum Gasteiger partial charge on any atom is -0.407 e. The van der Waals surface area contributed by atoms with Crippen LogP contribution in [0.25, 0.3) is 0 Å². The highest BCUT2D eigenvalue weighted by Crippen LogP contribution is 2.37. The first-order chi connectivity index (χ1) is 13.7. The molecule has 0 fully saturated rings. The van der Waals surface area contributed by atoms with Crippen molar-refractivity contribution in [3.8, 4) is 0 Å². The SMILES string of the molecule is C=C(/C=C(\C)CO)C[C@@H](C)CO[Si](c1ccccc1)(c1ccccc1)C(C)(C)C. The summed E-state index contributed by atoms with van der Waals surface area (Å²) in [5.41, 5.74) is 1.98. The van der Waals surface area contributed by atoms with E-state index >= 15 is 0 Å². The standard InChI is InChI=1S/C26H36O2Si/c1-21(17-22(2)19-27)18-23(3)20-28-29(26(4,5)6,24-13-9-7-10-14-24)25-15-11-8-12-16-25/h7-17,23,27H,1,18-20H2,2-6H3/b22-17+/t23-/m1/s1. The van der Waals surface area contributed by atoms with Gasteiger partial charge in [-0.05, 0) is 40.2 Å². The van der Waals surface area contributed by atoms with Crippen molar-refractivity contribution in [3.05, 3.63) is 84.5 Å². The zero-order valence-corrected chi connectivity index (χ0v) is 19.6. The number of aliphatic hydroxyl groups is 1. The molecule has 2 rings (SSSR count).